The molecule has 2 aliphatic rings. The molecule has 2 aliphatic heterocycles. The van der Waals surface area contributed by atoms with Gasteiger partial charge in [-0.25, -0.2) is 0 Å². The van der Waals surface area contributed by atoms with Crippen LogP contribution in [-0.4, -0.2) is 24.3 Å². The van der Waals surface area contributed by atoms with E-state index in [0.29, 0.717) is 18.0 Å². The molecule has 7 nitrogen and oxygen atoms in total. The third-order valence-corrected chi connectivity index (χ3v) is 6.69. The number of ether oxygens (including phenoxy) is 1. The number of carbonyl (C=O) groups is 1. The smallest absolute Gasteiger partial charge is 0.217 e. The van der Waals surface area contributed by atoms with Gasteiger partial charge in [0.05, 0.1) is 11.4 Å². The first kappa shape index (κ1) is 23.3. The topological polar surface area (TPSA) is 88.8 Å². The molecule has 5 rings (SSSR count). The molecule has 1 atom stereocenters. The van der Waals surface area contributed by atoms with Crippen molar-refractivity contribution in [2.24, 2.45) is 4.99 Å². The lowest BCUT2D eigenvalue weighted by Crippen LogP contribution is -2.24. The largest absolute Gasteiger partial charge is 0.481 e. The van der Waals surface area contributed by atoms with Gasteiger partial charge in [-0.1, -0.05) is 35.0 Å². The summed E-state index contributed by atoms with van der Waals surface area (Å²) >= 11 is 6.57. The maximum absolute atomic E-state index is 11.3. The lowest BCUT2D eigenvalue weighted by Gasteiger charge is -2.17. The zero-order valence-electron chi connectivity index (χ0n) is 19.8. The number of nitrogens with zero attached hydrogens (tertiary/aromatic N) is 2. The number of carbonyl (C=O) groups excluding carboxylic acids is 1. The fourth-order valence-electron chi connectivity index (χ4n) is 4.81. The van der Waals surface area contributed by atoms with E-state index in [1.54, 1.807) is 0 Å². The number of nitrogens with one attached hydrogen (secondary N) is 2. The molecule has 0 bridgehead atoms. The maximum atomic E-state index is 11.3. The van der Waals surface area contributed by atoms with Gasteiger partial charge in [-0.2, -0.15) is 0 Å². The number of benzene rings is 2. The lowest BCUT2D eigenvalue weighted by molar-refractivity contribution is -0.119. The van der Waals surface area contributed by atoms with Crippen LogP contribution < -0.4 is 15.4 Å². The summed E-state index contributed by atoms with van der Waals surface area (Å²) in [5.74, 6) is 1.49. The summed E-state index contributed by atoms with van der Waals surface area (Å²) in [4.78, 5) is 15.6. The quantitative estimate of drug-likeness (QED) is 0.471. The highest BCUT2D eigenvalue weighted by molar-refractivity contribution is 6.31. The highest BCUT2D eigenvalue weighted by Gasteiger charge is 2.34. The van der Waals surface area contributed by atoms with E-state index in [1.807, 2.05) is 43.3 Å². The standard InChI is InChI=1S/C27H27ClN4O3/c1-4-19(20-6-5-16(9-24(20)29-3)13-31-15(2)33)21-12-18(28)10-17-11-25(34-26(17)21)27-22-14-30-8-7-23(22)32-35-27/h4-6,9-10,12,25,30H,3,7-8,11,13-14H2,1-2H3,(H,31,33)/b19-4+. The molecule has 0 saturated carbocycles. The summed E-state index contributed by atoms with van der Waals surface area (Å²) in [6, 6.07) is 9.79. The number of hydrogen-bond acceptors (Lipinski definition) is 6. The molecule has 0 saturated heterocycles. The Morgan fingerprint density at radius 2 is 2.20 bits per heavy atom. The lowest BCUT2D eigenvalue weighted by atomic mass is 9.92. The number of amides is 1. The van der Waals surface area contributed by atoms with E-state index >= 15 is 0 Å². The van der Waals surface area contributed by atoms with Crippen LogP contribution in [0.25, 0.3) is 5.57 Å². The minimum atomic E-state index is -0.256. The first-order valence-electron chi connectivity index (χ1n) is 11.7. The summed E-state index contributed by atoms with van der Waals surface area (Å²) in [5, 5.41) is 11.1. The number of aliphatic imine (C=N–C) groups is 1. The molecule has 35 heavy (non-hydrogen) atoms. The van der Waals surface area contributed by atoms with Gasteiger partial charge >= 0.3 is 0 Å². The van der Waals surface area contributed by atoms with E-state index in [4.69, 9.17) is 20.9 Å². The average Bonchev–Trinajstić information content (AvgIpc) is 3.47. The summed E-state index contributed by atoms with van der Waals surface area (Å²) in [7, 11) is 0. The fourth-order valence-corrected chi connectivity index (χ4v) is 5.06. The summed E-state index contributed by atoms with van der Waals surface area (Å²) in [6.07, 6.45) is 3.28. The number of aromatic nitrogens is 1. The molecular weight excluding hydrogens is 464 g/mol. The van der Waals surface area contributed by atoms with Crippen LogP contribution in [0.5, 0.6) is 5.75 Å². The first-order chi connectivity index (χ1) is 17.0. The Morgan fingerprint density at radius 1 is 1.34 bits per heavy atom. The van der Waals surface area contributed by atoms with Crippen LogP contribution in [0.1, 0.15) is 59.2 Å². The van der Waals surface area contributed by atoms with Gasteiger partial charge < -0.3 is 19.9 Å². The zero-order valence-corrected chi connectivity index (χ0v) is 20.5. The SMILES string of the molecule is C=Nc1cc(CNC(C)=O)ccc1/C(=C\C)c1cc(Cl)cc2c1OC(c1onc3c1CNCC3)C2. The van der Waals surface area contributed by atoms with Crippen molar-refractivity contribution >= 4 is 35.5 Å². The molecule has 8 heteroatoms. The Balaban J connectivity index is 1.51. The van der Waals surface area contributed by atoms with Gasteiger partial charge in [0.25, 0.3) is 0 Å². The predicted octanol–water partition coefficient (Wildman–Crippen LogP) is 5.07. The monoisotopic (exact) mass is 490 g/mol. The number of halogens is 1. The first-order valence-corrected chi connectivity index (χ1v) is 12.0. The summed E-state index contributed by atoms with van der Waals surface area (Å²) < 4.78 is 12.3. The Labute approximate surface area is 209 Å². The van der Waals surface area contributed by atoms with Crippen molar-refractivity contribution in [2.75, 3.05) is 6.54 Å². The predicted molar refractivity (Wildman–Crippen MR) is 136 cm³/mol. The highest BCUT2D eigenvalue weighted by Crippen LogP contribution is 2.46. The van der Waals surface area contributed by atoms with Crippen molar-refractivity contribution in [3.05, 3.63) is 80.7 Å². The van der Waals surface area contributed by atoms with Crippen LogP contribution in [0.3, 0.4) is 0 Å². The second-order valence-corrected chi connectivity index (χ2v) is 9.21. The second kappa shape index (κ2) is 9.68. The van der Waals surface area contributed by atoms with Crippen molar-refractivity contribution in [2.45, 2.75) is 45.9 Å². The van der Waals surface area contributed by atoms with Gasteiger partial charge in [0.15, 0.2) is 11.9 Å². The molecule has 0 radical (unpaired) electrons. The van der Waals surface area contributed by atoms with Crippen LogP contribution in [0.15, 0.2) is 45.9 Å². The van der Waals surface area contributed by atoms with Crippen LogP contribution in [0, 0.1) is 0 Å². The highest BCUT2D eigenvalue weighted by atomic mass is 35.5. The van der Waals surface area contributed by atoms with Crippen molar-refractivity contribution < 1.29 is 14.1 Å². The number of rotatable bonds is 6. The Kier molecular flexibility index (Phi) is 6.45. The van der Waals surface area contributed by atoms with Gasteiger partial charge in [-0.05, 0) is 43.0 Å². The van der Waals surface area contributed by atoms with Crippen molar-refractivity contribution in [1.82, 2.24) is 15.8 Å². The Hall–Kier alpha value is -3.42. The van der Waals surface area contributed by atoms with Crippen LogP contribution >= 0.6 is 11.6 Å². The number of allylic oxidation sites excluding steroid dienone is 1. The minimum Gasteiger partial charge on any atom is -0.481 e. The molecule has 0 fully saturated rings. The van der Waals surface area contributed by atoms with Crippen LogP contribution in [0.2, 0.25) is 5.02 Å². The van der Waals surface area contributed by atoms with E-state index in [-0.39, 0.29) is 12.0 Å². The Bertz CT molecular complexity index is 1340. The van der Waals surface area contributed by atoms with Gasteiger partial charge in [-0.15, -0.1) is 0 Å². The van der Waals surface area contributed by atoms with Crippen LogP contribution in [0.4, 0.5) is 5.69 Å². The van der Waals surface area contributed by atoms with Crippen molar-refractivity contribution in [3.63, 3.8) is 0 Å². The minimum absolute atomic E-state index is 0.0821. The van der Waals surface area contributed by atoms with E-state index in [9.17, 15) is 4.79 Å². The second-order valence-electron chi connectivity index (χ2n) is 8.77. The molecule has 0 aliphatic carbocycles. The van der Waals surface area contributed by atoms with Crippen molar-refractivity contribution in [3.8, 4) is 5.75 Å². The average molecular weight is 491 g/mol. The molecule has 1 unspecified atom stereocenters. The third kappa shape index (κ3) is 4.49. The van der Waals surface area contributed by atoms with E-state index in [0.717, 1.165) is 75.8 Å². The summed E-state index contributed by atoms with van der Waals surface area (Å²) in [5.41, 5.74) is 7.54. The molecule has 2 N–H and O–H groups in total. The van der Waals surface area contributed by atoms with E-state index in [1.165, 1.54) is 6.92 Å². The van der Waals surface area contributed by atoms with Gasteiger partial charge in [0.2, 0.25) is 5.91 Å². The molecular formula is C27H27ClN4O3. The molecule has 180 valence electrons. The van der Waals surface area contributed by atoms with Gasteiger partial charge in [0, 0.05) is 66.7 Å². The van der Waals surface area contributed by atoms with Crippen LogP contribution in [-0.2, 0) is 30.7 Å². The van der Waals surface area contributed by atoms with E-state index < -0.39 is 0 Å². The molecule has 2 aromatic carbocycles. The summed E-state index contributed by atoms with van der Waals surface area (Å²) in [6.45, 7) is 9.31. The molecule has 0 spiro atoms. The molecule has 1 aromatic heterocycles. The van der Waals surface area contributed by atoms with Crippen molar-refractivity contribution in [1.29, 1.82) is 0 Å². The maximum Gasteiger partial charge on any atom is 0.217 e. The molecule has 3 aromatic rings. The fraction of sp³-hybridized carbons (Fsp3) is 0.296. The molecule has 3 heterocycles. The van der Waals surface area contributed by atoms with E-state index in [2.05, 4.69) is 27.5 Å². The number of fused-ring (bicyclic) bond motifs is 2. The molecule has 1 amide bonds. The Morgan fingerprint density at radius 3 is 2.97 bits per heavy atom. The normalized spacial score (nSPS) is 16.9. The van der Waals surface area contributed by atoms with Gasteiger partial charge in [0.1, 0.15) is 5.75 Å². The number of hydrogen-bond donors (Lipinski definition) is 2. The zero-order chi connectivity index (χ0) is 24.5. The van der Waals surface area contributed by atoms with Gasteiger partial charge in [-0.3, -0.25) is 9.79 Å². The third-order valence-electron chi connectivity index (χ3n) is 6.47.